The zero-order valence-electron chi connectivity index (χ0n) is 42.0. The summed E-state index contributed by atoms with van der Waals surface area (Å²) in [6, 6.07) is 94.2. The number of benzene rings is 11. The van der Waals surface area contributed by atoms with Gasteiger partial charge in [-0.05, 0) is 133 Å². The van der Waals surface area contributed by atoms with Gasteiger partial charge in [-0.3, -0.25) is 0 Å². The lowest BCUT2D eigenvalue weighted by molar-refractivity contribution is 0.590. The summed E-state index contributed by atoms with van der Waals surface area (Å²) in [6.07, 6.45) is 0. The van der Waals surface area contributed by atoms with Crippen LogP contribution in [0.1, 0.15) is 26.3 Å². The van der Waals surface area contributed by atoms with Gasteiger partial charge in [-0.1, -0.05) is 247 Å². The first kappa shape index (κ1) is 46.8. The van der Waals surface area contributed by atoms with Gasteiger partial charge in [0.1, 0.15) is 0 Å². The first-order valence-corrected chi connectivity index (χ1v) is 27.3. The van der Waals surface area contributed by atoms with Gasteiger partial charge < -0.3 is 9.80 Å². The molecule has 0 amide bonds. The minimum Gasteiger partial charge on any atom is -0.310 e. The molecule has 0 atom stereocenters. The maximum absolute atomic E-state index is 4.04. The summed E-state index contributed by atoms with van der Waals surface area (Å²) in [4.78, 5) is 5.25. The molecule has 75 heavy (non-hydrogen) atoms. The van der Waals surface area contributed by atoms with Gasteiger partial charge in [0.25, 0.3) is 6.71 Å². The molecule has 11 aromatic rings. The minimum atomic E-state index is -0.234. The Morgan fingerprint density at radius 2 is 0.600 bits per heavy atom. The van der Waals surface area contributed by atoms with E-state index in [2.05, 4.69) is 317 Å². The molecule has 11 aromatic carbocycles. The van der Waals surface area contributed by atoms with Crippen LogP contribution in [0.15, 0.2) is 264 Å². The largest absolute Gasteiger partial charge is 0.310 e. The highest BCUT2D eigenvalue weighted by molar-refractivity contribution is 9.10. The first-order valence-electron chi connectivity index (χ1n) is 25.7. The van der Waals surface area contributed by atoms with Gasteiger partial charge in [-0.25, -0.2) is 0 Å². The van der Waals surface area contributed by atoms with E-state index in [1.165, 1.54) is 44.2 Å². The van der Waals surface area contributed by atoms with Crippen LogP contribution in [-0.4, -0.2) is 6.71 Å². The third kappa shape index (κ3) is 8.36. The number of fused-ring (bicyclic) bond motifs is 4. The summed E-state index contributed by atoms with van der Waals surface area (Å²) < 4.78 is 2.08. The summed E-state index contributed by atoms with van der Waals surface area (Å²) in [7, 11) is 0. The van der Waals surface area contributed by atoms with E-state index >= 15 is 0 Å². The number of hydrogen-bond donors (Lipinski definition) is 0. The normalized spacial score (nSPS) is 12.5. The zero-order chi connectivity index (χ0) is 50.8. The van der Waals surface area contributed by atoms with E-state index in [9.17, 15) is 0 Å². The molecule has 0 aliphatic carbocycles. The summed E-state index contributed by atoms with van der Waals surface area (Å²) in [5, 5.41) is 0. The summed E-state index contributed by atoms with van der Waals surface area (Å²) in [6.45, 7) is 6.95. The molecule has 0 saturated heterocycles. The topological polar surface area (TPSA) is 6.48 Å². The third-order valence-corrected chi connectivity index (χ3v) is 16.1. The molecule has 0 aromatic heterocycles. The van der Waals surface area contributed by atoms with Crippen molar-refractivity contribution in [2.45, 2.75) is 26.2 Å². The number of anilines is 6. The molecular formula is C70H51BBr2N2. The molecule has 0 radical (unpaired) electrons. The van der Waals surface area contributed by atoms with Crippen LogP contribution in [0.5, 0.6) is 0 Å². The average molecular weight is 1090 g/mol. The second-order valence-electron chi connectivity index (χ2n) is 20.7. The van der Waals surface area contributed by atoms with Crippen molar-refractivity contribution >= 4 is 89.1 Å². The fourth-order valence-electron chi connectivity index (χ4n) is 11.6. The van der Waals surface area contributed by atoms with Crippen molar-refractivity contribution < 1.29 is 0 Å². The molecule has 5 heteroatoms. The van der Waals surface area contributed by atoms with Gasteiger partial charge in [0, 0.05) is 53.9 Å². The Morgan fingerprint density at radius 3 is 0.893 bits per heavy atom. The SMILES string of the molecule is CC(C)(C)c1cc2c3c(c1)N(c1c(-c4ccccc4)cc(-c4ccccc4)cc1-c1ccccc1)c1ccc(Br)cc1B3c1cc(Br)ccc1N2c1c(-c2ccccc2)cc(-c2ccccc2)cc1-c1ccccc1. The Morgan fingerprint density at radius 1 is 0.307 bits per heavy atom. The van der Waals surface area contributed by atoms with Gasteiger partial charge in [-0.2, -0.15) is 0 Å². The molecule has 0 saturated carbocycles. The fourth-order valence-corrected chi connectivity index (χ4v) is 12.3. The maximum Gasteiger partial charge on any atom is 0.252 e. The molecule has 0 bridgehead atoms. The van der Waals surface area contributed by atoms with Crippen LogP contribution in [-0.2, 0) is 5.41 Å². The van der Waals surface area contributed by atoms with Crippen molar-refractivity contribution in [3.8, 4) is 66.8 Å². The lowest BCUT2D eigenvalue weighted by Crippen LogP contribution is -2.61. The van der Waals surface area contributed by atoms with Crippen LogP contribution in [0.2, 0.25) is 0 Å². The predicted octanol–water partition coefficient (Wildman–Crippen LogP) is 18.6. The van der Waals surface area contributed by atoms with E-state index in [1.54, 1.807) is 0 Å². The Kier molecular flexibility index (Phi) is 11.9. The monoisotopic (exact) mass is 1090 g/mol. The molecule has 2 nitrogen and oxygen atoms in total. The second kappa shape index (κ2) is 19.1. The Labute approximate surface area is 458 Å². The maximum atomic E-state index is 4.04. The molecule has 2 aliphatic heterocycles. The molecule has 13 rings (SSSR count). The molecular weight excluding hydrogens is 1040 g/mol. The van der Waals surface area contributed by atoms with Crippen molar-refractivity contribution in [1.29, 1.82) is 0 Å². The van der Waals surface area contributed by atoms with Crippen molar-refractivity contribution in [1.82, 2.24) is 0 Å². The summed E-state index contributed by atoms with van der Waals surface area (Å²) in [5.74, 6) is 0. The lowest BCUT2D eigenvalue weighted by atomic mass is 9.33. The fraction of sp³-hybridized carbons (Fsp3) is 0.0571. The van der Waals surface area contributed by atoms with Gasteiger partial charge in [0.2, 0.25) is 0 Å². The van der Waals surface area contributed by atoms with E-state index in [0.29, 0.717) is 0 Å². The van der Waals surface area contributed by atoms with Crippen molar-refractivity contribution in [2.24, 2.45) is 0 Å². The van der Waals surface area contributed by atoms with Crippen molar-refractivity contribution in [3.63, 3.8) is 0 Å². The summed E-state index contributed by atoms with van der Waals surface area (Å²) >= 11 is 8.07. The van der Waals surface area contributed by atoms with Crippen molar-refractivity contribution in [2.75, 3.05) is 9.80 Å². The molecule has 0 unspecified atom stereocenters. The average Bonchev–Trinajstić information content (AvgIpc) is 3.47. The smallest absolute Gasteiger partial charge is 0.252 e. The third-order valence-electron chi connectivity index (χ3n) is 15.1. The number of rotatable bonds is 8. The Balaban J connectivity index is 1.20. The molecule has 2 aliphatic rings. The van der Waals surface area contributed by atoms with Crippen LogP contribution in [0.3, 0.4) is 0 Å². The summed E-state index contributed by atoms with van der Waals surface area (Å²) in [5.41, 5.74) is 25.5. The Hall–Kier alpha value is -7.96. The standard InChI is InChI=1S/C70H51BBr2N2/c1-70(2,3)54-42-65-67-66(43-54)75(69-59(50-30-18-8-19-31-50)40-53(47-24-12-5-13-25-47)41-60(69)51-32-20-9-21-33-51)64-37-35-56(73)45-62(64)71(67)61-44-55(72)34-36-63(61)74(65)68-57(48-26-14-6-15-27-48)38-52(46-22-10-4-11-23-46)39-58(68)49-28-16-7-17-29-49/h4-45H,1-3H3. The minimum absolute atomic E-state index is 0.121. The van der Waals surface area contributed by atoms with Crippen LogP contribution in [0.4, 0.5) is 34.1 Å². The molecule has 358 valence electrons. The van der Waals surface area contributed by atoms with Gasteiger partial charge in [-0.15, -0.1) is 0 Å². The van der Waals surface area contributed by atoms with E-state index in [0.717, 1.165) is 87.6 Å². The second-order valence-corrected chi connectivity index (χ2v) is 22.6. The molecule has 2 heterocycles. The van der Waals surface area contributed by atoms with Gasteiger partial charge >= 0.3 is 0 Å². The molecule has 0 spiro atoms. The highest BCUT2D eigenvalue weighted by Crippen LogP contribution is 2.55. The predicted molar refractivity (Wildman–Crippen MR) is 327 cm³/mol. The van der Waals surface area contributed by atoms with Gasteiger partial charge in [0.05, 0.1) is 11.4 Å². The number of nitrogens with zero attached hydrogens (tertiary/aromatic N) is 2. The van der Waals surface area contributed by atoms with Crippen LogP contribution < -0.4 is 26.2 Å². The molecule has 0 N–H and O–H groups in total. The van der Waals surface area contributed by atoms with E-state index < -0.39 is 0 Å². The van der Waals surface area contributed by atoms with E-state index in [4.69, 9.17) is 0 Å². The van der Waals surface area contributed by atoms with E-state index in [-0.39, 0.29) is 12.1 Å². The van der Waals surface area contributed by atoms with Crippen molar-refractivity contribution in [3.05, 3.63) is 269 Å². The quantitative estimate of drug-likeness (QED) is 0.140. The van der Waals surface area contributed by atoms with Gasteiger partial charge in [0.15, 0.2) is 0 Å². The Bertz CT molecular complexity index is 3560. The van der Waals surface area contributed by atoms with Crippen LogP contribution in [0.25, 0.3) is 66.8 Å². The van der Waals surface area contributed by atoms with Crippen LogP contribution >= 0.6 is 31.9 Å². The first-order chi connectivity index (χ1) is 36.7. The highest BCUT2D eigenvalue weighted by Gasteiger charge is 2.46. The lowest BCUT2D eigenvalue weighted by Gasteiger charge is -2.46. The number of halogens is 2. The van der Waals surface area contributed by atoms with E-state index in [1.807, 2.05) is 0 Å². The van der Waals surface area contributed by atoms with Crippen LogP contribution in [0, 0.1) is 0 Å². The molecule has 0 fully saturated rings. The number of hydrogen-bond acceptors (Lipinski definition) is 2. The highest BCUT2D eigenvalue weighted by atomic mass is 79.9. The zero-order valence-corrected chi connectivity index (χ0v) is 45.1.